The molecule has 0 aliphatic rings. The molecule has 4 heteroatoms. The summed E-state index contributed by atoms with van der Waals surface area (Å²) >= 11 is 0. The van der Waals surface area contributed by atoms with Gasteiger partial charge in [-0.2, -0.15) is 0 Å². The number of aromatic nitrogens is 1. The quantitative estimate of drug-likeness (QED) is 0.535. The third kappa shape index (κ3) is 2.49. The van der Waals surface area contributed by atoms with Crippen molar-refractivity contribution in [3.8, 4) is 0 Å². The molecule has 0 bridgehead atoms. The van der Waals surface area contributed by atoms with Crippen molar-refractivity contribution < 1.29 is 4.92 Å². The molecule has 3 rings (SSSR count). The first kappa shape index (κ1) is 12.3. The Hall–Kier alpha value is -2.75. The van der Waals surface area contributed by atoms with Crippen molar-refractivity contribution in [1.29, 1.82) is 0 Å². The standard InChI is InChI=1S/C16H12N2O2/c19-18(20)15-7-5-12(6-8-15)9-13-10-14-3-1-2-4-16(14)17-11-13/h1-8,10-11H,9H2. The molecule has 1 heterocycles. The Kier molecular flexibility index (Phi) is 3.13. The summed E-state index contributed by atoms with van der Waals surface area (Å²) in [5.41, 5.74) is 3.22. The van der Waals surface area contributed by atoms with Gasteiger partial charge in [0.15, 0.2) is 0 Å². The minimum Gasteiger partial charge on any atom is -0.258 e. The van der Waals surface area contributed by atoms with Crippen LogP contribution in [0, 0.1) is 10.1 Å². The van der Waals surface area contributed by atoms with Crippen LogP contribution in [0.2, 0.25) is 0 Å². The lowest BCUT2D eigenvalue weighted by molar-refractivity contribution is -0.384. The second kappa shape index (κ2) is 5.09. The Labute approximate surface area is 115 Å². The summed E-state index contributed by atoms with van der Waals surface area (Å²) in [5, 5.41) is 11.7. The highest BCUT2D eigenvalue weighted by molar-refractivity contribution is 5.78. The molecule has 2 aromatic carbocycles. The van der Waals surface area contributed by atoms with E-state index in [9.17, 15) is 10.1 Å². The molecule has 0 aliphatic heterocycles. The van der Waals surface area contributed by atoms with Crippen LogP contribution in [0.5, 0.6) is 0 Å². The topological polar surface area (TPSA) is 56.0 Å². The summed E-state index contributed by atoms with van der Waals surface area (Å²) in [4.78, 5) is 14.6. The van der Waals surface area contributed by atoms with Gasteiger partial charge in [0, 0.05) is 23.7 Å². The SMILES string of the molecule is O=[N+]([O-])c1ccc(Cc2cnc3ccccc3c2)cc1. The monoisotopic (exact) mass is 264 g/mol. The number of fused-ring (bicyclic) bond motifs is 1. The van der Waals surface area contributed by atoms with Gasteiger partial charge in [-0.3, -0.25) is 15.1 Å². The molecule has 0 atom stereocenters. The third-order valence-corrected chi connectivity index (χ3v) is 3.20. The molecular weight excluding hydrogens is 252 g/mol. The molecule has 0 saturated carbocycles. The van der Waals surface area contributed by atoms with Crippen LogP contribution in [0.15, 0.2) is 60.8 Å². The summed E-state index contributed by atoms with van der Waals surface area (Å²) in [5.74, 6) is 0. The molecule has 0 saturated heterocycles. The van der Waals surface area contributed by atoms with Crippen molar-refractivity contribution >= 4 is 16.6 Å². The van der Waals surface area contributed by atoms with Gasteiger partial charge in [-0.25, -0.2) is 0 Å². The molecule has 3 aromatic rings. The van der Waals surface area contributed by atoms with Crippen LogP contribution in [0.4, 0.5) is 5.69 Å². The van der Waals surface area contributed by atoms with Crippen molar-refractivity contribution in [1.82, 2.24) is 4.98 Å². The van der Waals surface area contributed by atoms with Gasteiger partial charge >= 0.3 is 0 Å². The predicted octanol–water partition coefficient (Wildman–Crippen LogP) is 3.73. The zero-order chi connectivity index (χ0) is 13.9. The first-order valence-electron chi connectivity index (χ1n) is 6.29. The van der Waals surface area contributed by atoms with E-state index in [1.807, 2.05) is 30.5 Å². The molecule has 0 radical (unpaired) electrons. The van der Waals surface area contributed by atoms with E-state index < -0.39 is 0 Å². The number of rotatable bonds is 3. The van der Waals surface area contributed by atoms with E-state index in [0.29, 0.717) is 0 Å². The van der Waals surface area contributed by atoms with Crippen LogP contribution < -0.4 is 0 Å². The van der Waals surface area contributed by atoms with E-state index >= 15 is 0 Å². The Bertz CT molecular complexity index is 767. The normalized spacial score (nSPS) is 10.6. The van der Waals surface area contributed by atoms with Gasteiger partial charge in [-0.15, -0.1) is 0 Å². The average Bonchev–Trinajstić information content (AvgIpc) is 2.48. The highest BCUT2D eigenvalue weighted by Gasteiger charge is 2.05. The summed E-state index contributed by atoms with van der Waals surface area (Å²) in [7, 11) is 0. The lowest BCUT2D eigenvalue weighted by Crippen LogP contribution is -1.92. The minimum atomic E-state index is -0.388. The van der Waals surface area contributed by atoms with Gasteiger partial charge in [0.05, 0.1) is 10.4 Å². The first-order chi connectivity index (χ1) is 9.72. The maximum atomic E-state index is 10.6. The number of pyridine rings is 1. The van der Waals surface area contributed by atoms with Gasteiger partial charge in [-0.1, -0.05) is 30.3 Å². The molecule has 0 unspecified atom stereocenters. The molecule has 1 aromatic heterocycles. The number of nitro benzene ring substituents is 1. The van der Waals surface area contributed by atoms with E-state index in [0.717, 1.165) is 28.5 Å². The third-order valence-electron chi connectivity index (χ3n) is 3.20. The fraction of sp³-hybridized carbons (Fsp3) is 0.0625. The lowest BCUT2D eigenvalue weighted by Gasteiger charge is -2.03. The van der Waals surface area contributed by atoms with Crippen LogP contribution in [-0.2, 0) is 6.42 Å². The van der Waals surface area contributed by atoms with Crippen LogP contribution >= 0.6 is 0 Å². The molecule has 0 amide bonds. The largest absolute Gasteiger partial charge is 0.269 e. The number of hydrogen-bond acceptors (Lipinski definition) is 3. The van der Waals surface area contributed by atoms with E-state index in [4.69, 9.17) is 0 Å². The zero-order valence-corrected chi connectivity index (χ0v) is 10.7. The number of hydrogen-bond donors (Lipinski definition) is 0. The number of benzene rings is 2. The summed E-state index contributed by atoms with van der Waals surface area (Å²) in [6.45, 7) is 0. The van der Waals surface area contributed by atoms with Crippen LogP contribution in [0.1, 0.15) is 11.1 Å². The molecule has 0 N–H and O–H groups in total. The minimum absolute atomic E-state index is 0.116. The van der Waals surface area contributed by atoms with E-state index in [-0.39, 0.29) is 10.6 Å². The van der Waals surface area contributed by atoms with Crippen molar-refractivity contribution in [2.24, 2.45) is 0 Å². The number of nitro groups is 1. The number of non-ortho nitro benzene ring substituents is 1. The van der Waals surface area contributed by atoms with Gasteiger partial charge < -0.3 is 0 Å². The highest BCUT2D eigenvalue weighted by atomic mass is 16.6. The van der Waals surface area contributed by atoms with Gasteiger partial charge in [0.1, 0.15) is 0 Å². The second-order valence-electron chi connectivity index (χ2n) is 4.64. The molecule has 98 valence electrons. The molecular formula is C16H12N2O2. The maximum absolute atomic E-state index is 10.6. The number of para-hydroxylation sites is 1. The fourth-order valence-electron chi connectivity index (χ4n) is 2.18. The summed E-state index contributed by atoms with van der Waals surface area (Å²) < 4.78 is 0. The highest BCUT2D eigenvalue weighted by Crippen LogP contribution is 2.17. The van der Waals surface area contributed by atoms with Crippen LogP contribution in [0.3, 0.4) is 0 Å². The number of nitrogens with zero attached hydrogens (tertiary/aromatic N) is 2. The first-order valence-corrected chi connectivity index (χ1v) is 6.29. The molecule has 0 spiro atoms. The molecule has 0 aliphatic carbocycles. The van der Waals surface area contributed by atoms with Crippen molar-refractivity contribution in [3.63, 3.8) is 0 Å². The maximum Gasteiger partial charge on any atom is 0.269 e. The Balaban J connectivity index is 1.87. The predicted molar refractivity (Wildman–Crippen MR) is 77.6 cm³/mol. The zero-order valence-electron chi connectivity index (χ0n) is 10.7. The van der Waals surface area contributed by atoms with E-state index in [1.54, 1.807) is 12.1 Å². The van der Waals surface area contributed by atoms with Gasteiger partial charge in [0.2, 0.25) is 0 Å². The smallest absolute Gasteiger partial charge is 0.258 e. The lowest BCUT2D eigenvalue weighted by atomic mass is 10.0. The van der Waals surface area contributed by atoms with Crippen molar-refractivity contribution in [2.75, 3.05) is 0 Å². The summed E-state index contributed by atoms with van der Waals surface area (Å²) in [6.07, 6.45) is 2.57. The van der Waals surface area contributed by atoms with E-state index in [2.05, 4.69) is 11.1 Å². The van der Waals surface area contributed by atoms with Crippen LogP contribution in [-0.4, -0.2) is 9.91 Å². The summed E-state index contributed by atoms with van der Waals surface area (Å²) in [6, 6.07) is 16.7. The Morgan fingerprint density at radius 1 is 1.00 bits per heavy atom. The van der Waals surface area contributed by atoms with Crippen LogP contribution in [0.25, 0.3) is 10.9 Å². The Morgan fingerprint density at radius 2 is 1.75 bits per heavy atom. The Morgan fingerprint density at radius 3 is 2.50 bits per heavy atom. The molecule has 20 heavy (non-hydrogen) atoms. The van der Waals surface area contributed by atoms with Gasteiger partial charge in [0.25, 0.3) is 5.69 Å². The average molecular weight is 264 g/mol. The van der Waals surface area contributed by atoms with E-state index in [1.165, 1.54) is 12.1 Å². The van der Waals surface area contributed by atoms with Crippen molar-refractivity contribution in [2.45, 2.75) is 6.42 Å². The molecule has 4 nitrogen and oxygen atoms in total. The molecule has 0 fully saturated rings. The fourth-order valence-corrected chi connectivity index (χ4v) is 2.18. The van der Waals surface area contributed by atoms with Crippen molar-refractivity contribution in [3.05, 3.63) is 82.0 Å². The van der Waals surface area contributed by atoms with Gasteiger partial charge in [-0.05, 0) is 29.7 Å². The second-order valence-corrected chi connectivity index (χ2v) is 4.64.